The first-order valence-corrected chi connectivity index (χ1v) is 10.7. The van der Waals surface area contributed by atoms with Crippen molar-refractivity contribution in [1.29, 1.82) is 0 Å². The van der Waals surface area contributed by atoms with E-state index < -0.39 is 0 Å². The fraction of sp³-hybridized carbons (Fsp3) is 0.360. The van der Waals surface area contributed by atoms with E-state index in [-0.39, 0.29) is 12.2 Å². The molecule has 1 atom stereocenters. The molecular formula is C25H29N3O3. The van der Waals surface area contributed by atoms with E-state index in [9.17, 15) is 9.90 Å². The van der Waals surface area contributed by atoms with E-state index in [1.54, 1.807) is 19.5 Å². The molecule has 162 valence electrons. The van der Waals surface area contributed by atoms with Crippen molar-refractivity contribution in [2.75, 3.05) is 20.3 Å². The van der Waals surface area contributed by atoms with E-state index in [0.717, 1.165) is 48.5 Å². The Kier molecular flexibility index (Phi) is 6.49. The van der Waals surface area contributed by atoms with E-state index in [4.69, 9.17) is 4.74 Å². The Bertz CT molecular complexity index is 1080. The van der Waals surface area contributed by atoms with E-state index in [0.29, 0.717) is 18.2 Å². The SMILES string of the molecule is COc1ccc(Cn2c3c(cc(-c4ccncc4)c2=O)CN(C(C)CCO)CC3)cc1. The minimum atomic E-state index is 0.0256. The number of hydrogen-bond donors (Lipinski definition) is 1. The average molecular weight is 420 g/mol. The summed E-state index contributed by atoms with van der Waals surface area (Å²) in [5.74, 6) is 0.803. The van der Waals surface area contributed by atoms with Gasteiger partial charge >= 0.3 is 0 Å². The second-order valence-corrected chi connectivity index (χ2v) is 8.09. The molecule has 6 heteroatoms. The van der Waals surface area contributed by atoms with Gasteiger partial charge in [-0.3, -0.25) is 14.7 Å². The van der Waals surface area contributed by atoms with Crippen LogP contribution >= 0.6 is 0 Å². The normalized spacial score (nSPS) is 14.8. The van der Waals surface area contributed by atoms with Crippen LogP contribution in [0.5, 0.6) is 5.75 Å². The van der Waals surface area contributed by atoms with Gasteiger partial charge in [-0.2, -0.15) is 0 Å². The van der Waals surface area contributed by atoms with Crippen LogP contribution in [0.3, 0.4) is 0 Å². The van der Waals surface area contributed by atoms with Crippen LogP contribution in [0.1, 0.15) is 30.2 Å². The van der Waals surface area contributed by atoms with Crippen molar-refractivity contribution in [2.45, 2.75) is 38.9 Å². The lowest BCUT2D eigenvalue weighted by atomic mass is 9.98. The first-order chi connectivity index (χ1) is 15.1. The van der Waals surface area contributed by atoms with Crippen molar-refractivity contribution in [3.63, 3.8) is 0 Å². The highest BCUT2D eigenvalue weighted by atomic mass is 16.5. The fourth-order valence-electron chi connectivity index (χ4n) is 4.31. The van der Waals surface area contributed by atoms with Gasteiger partial charge in [0.25, 0.3) is 5.56 Å². The van der Waals surface area contributed by atoms with Gasteiger partial charge in [-0.1, -0.05) is 12.1 Å². The number of aliphatic hydroxyl groups is 1. The van der Waals surface area contributed by atoms with Crippen LogP contribution in [0.15, 0.2) is 59.7 Å². The van der Waals surface area contributed by atoms with Crippen molar-refractivity contribution in [1.82, 2.24) is 14.5 Å². The highest BCUT2D eigenvalue weighted by Gasteiger charge is 2.25. The van der Waals surface area contributed by atoms with Gasteiger partial charge in [0.1, 0.15) is 5.75 Å². The van der Waals surface area contributed by atoms with Crippen molar-refractivity contribution in [3.05, 3.63) is 82.0 Å². The molecule has 1 N–H and O–H groups in total. The van der Waals surface area contributed by atoms with Gasteiger partial charge in [0.2, 0.25) is 0 Å². The second-order valence-electron chi connectivity index (χ2n) is 8.09. The summed E-state index contributed by atoms with van der Waals surface area (Å²) in [6, 6.07) is 14.0. The molecule has 0 aliphatic carbocycles. The standard InChI is InChI=1S/C25H29N3O3/c1-18(10-14-29)27-13-9-24-21(17-27)15-23(20-7-11-26-12-8-20)25(30)28(24)16-19-3-5-22(31-2)6-4-19/h3-8,11-12,15,18,29H,9-10,13-14,16-17H2,1-2H3. The lowest BCUT2D eigenvalue weighted by Gasteiger charge is -2.35. The summed E-state index contributed by atoms with van der Waals surface area (Å²) in [5, 5.41) is 9.35. The van der Waals surface area contributed by atoms with Crippen molar-refractivity contribution < 1.29 is 9.84 Å². The maximum absolute atomic E-state index is 13.6. The quantitative estimate of drug-likeness (QED) is 0.637. The van der Waals surface area contributed by atoms with Crippen LogP contribution in [0.4, 0.5) is 0 Å². The number of rotatable bonds is 7. The lowest BCUT2D eigenvalue weighted by Crippen LogP contribution is -2.41. The van der Waals surface area contributed by atoms with Gasteiger partial charge in [-0.25, -0.2) is 0 Å². The smallest absolute Gasteiger partial charge is 0.258 e. The molecule has 0 spiro atoms. The van der Waals surface area contributed by atoms with E-state index in [1.807, 2.05) is 41.0 Å². The Morgan fingerprint density at radius 2 is 1.90 bits per heavy atom. The molecule has 0 saturated heterocycles. The van der Waals surface area contributed by atoms with Gasteiger partial charge in [0.05, 0.1) is 13.7 Å². The predicted molar refractivity (Wildman–Crippen MR) is 121 cm³/mol. The third-order valence-corrected chi connectivity index (χ3v) is 6.16. The molecule has 1 aliphatic rings. The maximum atomic E-state index is 13.6. The first-order valence-electron chi connectivity index (χ1n) is 10.7. The Morgan fingerprint density at radius 3 is 2.58 bits per heavy atom. The number of aromatic nitrogens is 2. The number of ether oxygens (including phenoxy) is 1. The van der Waals surface area contributed by atoms with E-state index >= 15 is 0 Å². The zero-order chi connectivity index (χ0) is 21.8. The molecule has 4 rings (SSSR count). The van der Waals surface area contributed by atoms with Crippen molar-refractivity contribution in [2.24, 2.45) is 0 Å². The largest absolute Gasteiger partial charge is 0.497 e. The number of hydrogen-bond acceptors (Lipinski definition) is 5. The van der Waals surface area contributed by atoms with Crippen LogP contribution in [-0.2, 0) is 19.5 Å². The van der Waals surface area contributed by atoms with Crippen LogP contribution in [-0.4, -0.2) is 45.9 Å². The zero-order valence-electron chi connectivity index (χ0n) is 18.1. The molecule has 1 aliphatic heterocycles. The minimum Gasteiger partial charge on any atom is -0.497 e. The molecule has 3 heterocycles. The summed E-state index contributed by atoms with van der Waals surface area (Å²) in [6.45, 7) is 4.51. The molecule has 0 bridgehead atoms. The zero-order valence-corrected chi connectivity index (χ0v) is 18.1. The molecule has 1 aromatic carbocycles. The fourth-order valence-corrected chi connectivity index (χ4v) is 4.31. The summed E-state index contributed by atoms with van der Waals surface area (Å²) in [7, 11) is 1.65. The second kappa shape index (κ2) is 9.45. The molecule has 0 radical (unpaired) electrons. The van der Waals surface area contributed by atoms with E-state index in [1.165, 1.54) is 5.56 Å². The number of fused-ring (bicyclic) bond motifs is 1. The lowest BCUT2D eigenvalue weighted by molar-refractivity contribution is 0.152. The average Bonchev–Trinajstić information content (AvgIpc) is 2.81. The Labute approximate surface area is 182 Å². The summed E-state index contributed by atoms with van der Waals surface area (Å²) >= 11 is 0. The Balaban J connectivity index is 1.77. The first kappa shape index (κ1) is 21.3. The van der Waals surface area contributed by atoms with Gasteiger partial charge in [0, 0.05) is 55.8 Å². The summed E-state index contributed by atoms with van der Waals surface area (Å²) in [5.41, 5.74) is 4.95. The van der Waals surface area contributed by atoms with Gasteiger partial charge < -0.3 is 14.4 Å². The van der Waals surface area contributed by atoms with Crippen molar-refractivity contribution in [3.8, 4) is 16.9 Å². The van der Waals surface area contributed by atoms with Gasteiger partial charge in [0.15, 0.2) is 0 Å². The summed E-state index contributed by atoms with van der Waals surface area (Å²) in [4.78, 5) is 20.0. The molecule has 2 aromatic heterocycles. The Hall–Kier alpha value is -2.96. The topological polar surface area (TPSA) is 67.6 Å². The molecule has 6 nitrogen and oxygen atoms in total. The van der Waals surface area contributed by atoms with Gasteiger partial charge in [-0.15, -0.1) is 0 Å². The highest BCUT2D eigenvalue weighted by Crippen LogP contribution is 2.26. The number of aliphatic hydroxyl groups excluding tert-OH is 1. The highest BCUT2D eigenvalue weighted by molar-refractivity contribution is 5.63. The molecule has 0 fully saturated rings. The number of nitrogens with zero attached hydrogens (tertiary/aromatic N) is 3. The monoisotopic (exact) mass is 419 g/mol. The predicted octanol–water partition coefficient (Wildman–Crippen LogP) is 3.10. The van der Waals surface area contributed by atoms with E-state index in [2.05, 4.69) is 22.9 Å². The summed E-state index contributed by atoms with van der Waals surface area (Å²) in [6.07, 6.45) is 5.00. The van der Waals surface area contributed by atoms with Crippen LogP contribution in [0, 0.1) is 0 Å². The maximum Gasteiger partial charge on any atom is 0.258 e. The Morgan fingerprint density at radius 1 is 1.16 bits per heavy atom. The molecule has 31 heavy (non-hydrogen) atoms. The van der Waals surface area contributed by atoms with Crippen molar-refractivity contribution >= 4 is 0 Å². The van der Waals surface area contributed by atoms with Crippen LogP contribution < -0.4 is 10.3 Å². The molecule has 1 unspecified atom stereocenters. The molecule has 0 saturated carbocycles. The molecule has 3 aromatic rings. The summed E-state index contributed by atoms with van der Waals surface area (Å²) < 4.78 is 7.20. The number of methoxy groups -OCH3 is 1. The van der Waals surface area contributed by atoms with Crippen LogP contribution in [0.2, 0.25) is 0 Å². The third kappa shape index (κ3) is 4.55. The minimum absolute atomic E-state index is 0.0256. The molecular weight excluding hydrogens is 390 g/mol. The van der Waals surface area contributed by atoms with Gasteiger partial charge in [-0.05, 0) is 60.4 Å². The third-order valence-electron chi connectivity index (χ3n) is 6.16. The number of pyridine rings is 2. The number of benzene rings is 1. The molecule has 0 amide bonds. The van der Waals surface area contributed by atoms with Crippen LogP contribution in [0.25, 0.3) is 11.1 Å².